The van der Waals surface area contributed by atoms with Gasteiger partial charge in [-0.3, -0.25) is 9.69 Å². The highest BCUT2D eigenvalue weighted by atomic mass is 16.6. The molecule has 2 fully saturated rings. The zero-order chi connectivity index (χ0) is 17.0. The fourth-order valence-electron chi connectivity index (χ4n) is 2.84. The molecule has 6 heteroatoms. The molecule has 23 heavy (non-hydrogen) atoms. The van der Waals surface area contributed by atoms with Gasteiger partial charge < -0.3 is 14.5 Å². The maximum atomic E-state index is 12.0. The van der Waals surface area contributed by atoms with Crippen LogP contribution in [0.2, 0.25) is 0 Å². The van der Waals surface area contributed by atoms with Gasteiger partial charge in [-0.25, -0.2) is 4.79 Å². The molecule has 0 aromatic rings. The van der Waals surface area contributed by atoms with Crippen molar-refractivity contribution in [3.8, 4) is 12.3 Å². The standard InChI is InChI=1S/C17H27N3O3/c1-5-14-12-15(21)20(13-14)11-8-18-6-9-19(10-7-18)16(22)23-17(2,3)4/h1,14H,6-13H2,2-4H3. The van der Waals surface area contributed by atoms with Crippen LogP contribution in [0.5, 0.6) is 0 Å². The summed E-state index contributed by atoms with van der Waals surface area (Å²) in [6.07, 6.45) is 5.62. The van der Waals surface area contributed by atoms with Gasteiger partial charge in [0.1, 0.15) is 5.60 Å². The molecule has 0 bridgehead atoms. The largest absolute Gasteiger partial charge is 0.444 e. The van der Waals surface area contributed by atoms with Crippen molar-refractivity contribution >= 4 is 12.0 Å². The molecule has 0 aromatic heterocycles. The summed E-state index contributed by atoms with van der Waals surface area (Å²) in [6, 6.07) is 0. The number of hydrogen-bond donors (Lipinski definition) is 0. The van der Waals surface area contributed by atoms with Gasteiger partial charge in [0.05, 0.1) is 0 Å². The first-order valence-electron chi connectivity index (χ1n) is 8.22. The maximum Gasteiger partial charge on any atom is 0.410 e. The van der Waals surface area contributed by atoms with Crippen LogP contribution in [0, 0.1) is 18.3 Å². The number of terminal acetylenes is 1. The predicted molar refractivity (Wildman–Crippen MR) is 87.8 cm³/mol. The number of likely N-dealkylation sites (tertiary alicyclic amines) is 1. The third kappa shape index (κ3) is 5.14. The van der Waals surface area contributed by atoms with Gasteiger partial charge in [0, 0.05) is 58.2 Å². The Morgan fingerprint density at radius 1 is 1.26 bits per heavy atom. The SMILES string of the molecule is C#CC1CC(=O)N(CCN2CCN(C(=O)OC(C)(C)C)CC2)C1. The molecular weight excluding hydrogens is 294 g/mol. The molecule has 2 rings (SSSR count). The summed E-state index contributed by atoms with van der Waals surface area (Å²) in [6.45, 7) is 10.8. The van der Waals surface area contributed by atoms with Crippen LogP contribution in [-0.4, -0.2) is 78.1 Å². The van der Waals surface area contributed by atoms with Crippen molar-refractivity contribution < 1.29 is 14.3 Å². The minimum absolute atomic E-state index is 0.0616. The zero-order valence-electron chi connectivity index (χ0n) is 14.4. The van der Waals surface area contributed by atoms with Crippen LogP contribution in [-0.2, 0) is 9.53 Å². The van der Waals surface area contributed by atoms with Crippen molar-refractivity contribution in [1.82, 2.24) is 14.7 Å². The van der Waals surface area contributed by atoms with Crippen LogP contribution in [0.1, 0.15) is 27.2 Å². The molecule has 6 nitrogen and oxygen atoms in total. The van der Waals surface area contributed by atoms with Gasteiger partial charge in [-0.2, -0.15) is 0 Å². The number of carbonyl (C=O) groups excluding carboxylic acids is 2. The quantitative estimate of drug-likeness (QED) is 0.728. The van der Waals surface area contributed by atoms with Gasteiger partial charge >= 0.3 is 6.09 Å². The second kappa shape index (κ2) is 7.22. The van der Waals surface area contributed by atoms with E-state index in [0.29, 0.717) is 32.6 Å². The summed E-state index contributed by atoms with van der Waals surface area (Å²) in [5.74, 6) is 2.88. The summed E-state index contributed by atoms with van der Waals surface area (Å²) in [7, 11) is 0. The number of carbonyl (C=O) groups is 2. The molecule has 2 saturated heterocycles. The molecule has 0 saturated carbocycles. The fraction of sp³-hybridized carbons (Fsp3) is 0.765. The smallest absolute Gasteiger partial charge is 0.410 e. The number of rotatable bonds is 3. The topological polar surface area (TPSA) is 53.1 Å². The molecule has 0 aliphatic carbocycles. The van der Waals surface area contributed by atoms with Crippen molar-refractivity contribution in [2.24, 2.45) is 5.92 Å². The Morgan fingerprint density at radius 3 is 2.43 bits per heavy atom. The van der Waals surface area contributed by atoms with Crippen molar-refractivity contribution in [2.75, 3.05) is 45.8 Å². The molecule has 1 unspecified atom stereocenters. The molecular formula is C17H27N3O3. The molecule has 2 aliphatic rings. The van der Waals surface area contributed by atoms with Crippen LogP contribution in [0.3, 0.4) is 0 Å². The van der Waals surface area contributed by atoms with Crippen LogP contribution in [0.15, 0.2) is 0 Å². The van der Waals surface area contributed by atoms with Crippen LogP contribution in [0.25, 0.3) is 0 Å². The van der Waals surface area contributed by atoms with E-state index in [1.807, 2.05) is 25.7 Å². The first-order chi connectivity index (χ1) is 10.8. The van der Waals surface area contributed by atoms with Gasteiger partial charge in [0.25, 0.3) is 0 Å². The fourth-order valence-corrected chi connectivity index (χ4v) is 2.84. The summed E-state index contributed by atoms with van der Waals surface area (Å²) in [4.78, 5) is 29.7. The molecule has 2 heterocycles. The summed E-state index contributed by atoms with van der Waals surface area (Å²) < 4.78 is 5.39. The molecule has 128 valence electrons. The number of ether oxygens (including phenoxy) is 1. The highest BCUT2D eigenvalue weighted by Gasteiger charge is 2.29. The summed E-state index contributed by atoms with van der Waals surface area (Å²) in [5.41, 5.74) is -0.460. The Balaban J connectivity index is 1.70. The summed E-state index contributed by atoms with van der Waals surface area (Å²) in [5, 5.41) is 0. The maximum absolute atomic E-state index is 12.0. The average Bonchev–Trinajstić information content (AvgIpc) is 2.84. The Morgan fingerprint density at radius 2 is 1.91 bits per heavy atom. The minimum Gasteiger partial charge on any atom is -0.444 e. The third-order valence-corrected chi connectivity index (χ3v) is 4.16. The molecule has 2 amide bonds. The number of piperazine rings is 1. The Hall–Kier alpha value is -1.74. The summed E-state index contributed by atoms with van der Waals surface area (Å²) >= 11 is 0. The monoisotopic (exact) mass is 321 g/mol. The van der Waals surface area contributed by atoms with E-state index >= 15 is 0 Å². The lowest BCUT2D eigenvalue weighted by molar-refractivity contribution is -0.127. The van der Waals surface area contributed by atoms with Gasteiger partial charge in [-0.1, -0.05) is 0 Å². The highest BCUT2D eigenvalue weighted by molar-refractivity contribution is 5.79. The van der Waals surface area contributed by atoms with E-state index in [1.54, 1.807) is 4.90 Å². The number of nitrogens with zero attached hydrogens (tertiary/aromatic N) is 3. The van der Waals surface area contributed by atoms with E-state index in [4.69, 9.17) is 11.2 Å². The molecule has 0 spiro atoms. The normalized spacial score (nSPS) is 23.0. The molecule has 0 aromatic carbocycles. The first kappa shape index (κ1) is 17.6. The van der Waals surface area contributed by atoms with Gasteiger partial charge in [-0.15, -0.1) is 12.3 Å². The van der Waals surface area contributed by atoms with Crippen molar-refractivity contribution in [2.45, 2.75) is 32.8 Å². The number of amides is 2. The minimum atomic E-state index is -0.460. The van der Waals surface area contributed by atoms with E-state index in [9.17, 15) is 9.59 Å². The Kier molecular flexibility index (Phi) is 5.53. The first-order valence-corrected chi connectivity index (χ1v) is 8.22. The van der Waals surface area contributed by atoms with Crippen molar-refractivity contribution in [3.63, 3.8) is 0 Å². The molecule has 0 N–H and O–H groups in total. The second-order valence-corrected chi connectivity index (χ2v) is 7.22. The van der Waals surface area contributed by atoms with Crippen LogP contribution >= 0.6 is 0 Å². The third-order valence-electron chi connectivity index (χ3n) is 4.16. The molecule has 1 atom stereocenters. The highest BCUT2D eigenvalue weighted by Crippen LogP contribution is 2.17. The van der Waals surface area contributed by atoms with Gasteiger partial charge in [-0.05, 0) is 20.8 Å². The van der Waals surface area contributed by atoms with E-state index in [1.165, 1.54) is 0 Å². The van der Waals surface area contributed by atoms with Crippen molar-refractivity contribution in [1.29, 1.82) is 0 Å². The Bertz CT molecular complexity index is 484. The van der Waals surface area contributed by atoms with Crippen LogP contribution < -0.4 is 0 Å². The second-order valence-electron chi connectivity index (χ2n) is 7.22. The van der Waals surface area contributed by atoms with Gasteiger partial charge in [0.15, 0.2) is 0 Å². The van der Waals surface area contributed by atoms with E-state index < -0.39 is 5.60 Å². The van der Waals surface area contributed by atoms with Gasteiger partial charge in [0.2, 0.25) is 5.91 Å². The lowest BCUT2D eigenvalue weighted by Gasteiger charge is -2.36. The van der Waals surface area contributed by atoms with E-state index in [-0.39, 0.29) is 17.9 Å². The van der Waals surface area contributed by atoms with Crippen molar-refractivity contribution in [3.05, 3.63) is 0 Å². The lowest BCUT2D eigenvalue weighted by Crippen LogP contribution is -2.51. The Labute approximate surface area is 138 Å². The number of hydrogen-bond acceptors (Lipinski definition) is 4. The lowest BCUT2D eigenvalue weighted by atomic mass is 10.1. The predicted octanol–water partition coefficient (Wildman–Crippen LogP) is 1.02. The molecule has 2 aliphatic heterocycles. The van der Waals surface area contributed by atoms with E-state index in [2.05, 4.69) is 10.8 Å². The zero-order valence-corrected chi connectivity index (χ0v) is 14.4. The average molecular weight is 321 g/mol. The van der Waals surface area contributed by atoms with Crippen LogP contribution in [0.4, 0.5) is 4.79 Å². The molecule has 0 radical (unpaired) electrons. The van der Waals surface area contributed by atoms with E-state index in [0.717, 1.165) is 19.6 Å².